The number of hydrogen-bond acceptors (Lipinski definition) is 11. The van der Waals surface area contributed by atoms with Crippen molar-refractivity contribution in [1.29, 1.82) is 0 Å². The van der Waals surface area contributed by atoms with Gasteiger partial charge in [0.2, 0.25) is 23.6 Å². The molecule has 0 radical (unpaired) electrons. The zero-order valence-electron chi connectivity index (χ0n) is 41.8. The lowest BCUT2D eigenvalue weighted by molar-refractivity contribution is -0.144. The van der Waals surface area contributed by atoms with Crippen molar-refractivity contribution in [2.75, 3.05) is 6.54 Å². The first kappa shape index (κ1) is 50.3. The number of fused-ring (bicyclic) bond motifs is 3. The lowest BCUT2D eigenvalue weighted by Gasteiger charge is -2.36. The van der Waals surface area contributed by atoms with Crippen molar-refractivity contribution in [2.24, 2.45) is 10.4 Å². The minimum atomic E-state index is -0.962. The molecule has 72 heavy (non-hydrogen) atoms. The van der Waals surface area contributed by atoms with Gasteiger partial charge in [-0.2, -0.15) is 0 Å². The van der Waals surface area contributed by atoms with Gasteiger partial charge in [-0.05, 0) is 93.1 Å². The molecule has 3 aliphatic rings. The van der Waals surface area contributed by atoms with Gasteiger partial charge in [0.15, 0.2) is 5.82 Å². The van der Waals surface area contributed by atoms with Gasteiger partial charge in [-0.1, -0.05) is 68.8 Å². The number of amides is 4. The number of rotatable bonds is 14. The number of aliphatic imine (C=N–C) groups is 1. The predicted octanol–water partition coefficient (Wildman–Crippen LogP) is 7.32. The topological polar surface area (TPSA) is 198 Å². The number of imidazole rings is 1. The number of aliphatic hydroxyl groups excluding tert-OH is 1. The molecule has 4 N–H and O–H groups in total. The number of benzene rings is 3. The van der Waals surface area contributed by atoms with Crippen molar-refractivity contribution >= 4 is 52.3 Å². The Hall–Kier alpha value is -6.69. The second-order valence-corrected chi connectivity index (χ2v) is 22.0. The number of thiophene rings is 1. The third kappa shape index (κ3) is 10.6. The average molecular weight is 1010 g/mol. The molecule has 1 aliphatic carbocycles. The van der Waals surface area contributed by atoms with Crippen molar-refractivity contribution in [3.05, 3.63) is 140 Å². The number of β-amino-alcohol motifs (C(OH)–C–C–N with tert-alkyl or cyclic N) is 1. The van der Waals surface area contributed by atoms with E-state index in [-0.39, 0.29) is 61.7 Å². The van der Waals surface area contributed by atoms with Crippen LogP contribution in [0.1, 0.15) is 116 Å². The van der Waals surface area contributed by atoms with E-state index in [0.29, 0.717) is 29.4 Å². The number of likely N-dealkylation sites (tertiary alicyclic amines) is 1. The molecule has 4 amide bonds. The molecule has 2 fully saturated rings. The summed E-state index contributed by atoms with van der Waals surface area (Å²) in [5.74, 6) is 1.55. The average Bonchev–Trinajstić information content (AvgIpc) is 4.10. The van der Waals surface area contributed by atoms with Gasteiger partial charge in [0.1, 0.15) is 46.6 Å². The van der Waals surface area contributed by atoms with Crippen LogP contribution in [0.25, 0.3) is 10.7 Å². The first-order valence-electron chi connectivity index (χ1n) is 24.4. The Labute approximate surface area is 428 Å². The van der Waals surface area contributed by atoms with Gasteiger partial charge in [0, 0.05) is 71.0 Å². The molecule has 0 spiro atoms. The summed E-state index contributed by atoms with van der Waals surface area (Å²) in [7, 11) is 0. The molecule has 6 aromatic rings. The number of ether oxygens (including phenoxy) is 1. The zero-order chi connectivity index (χ0) is 51.2. The van der Waals surface area contributed by atoms with Crippen molar-refractivity contribution in [3.8, 4) is 16.4 Å². The van der Waals surface area contributed by atoms with Crippen LogP contribution in [-0.2, 0) is 25.6 Å². The maximum atomic E-state index is 14.3. The number of nitrogens with zero attached hydrogens (tertiary/aromatic N) is 7. The van der Waals surface area contributed by atoms with Crippen LogP contribution >= 0.6 is 22.9 Å². The Balaban J connectivity index is 0.768. The molecule has 0 bridgehead atoms. The van der Waals surface area contributed by atoms with Gasteiger partial charge in [-0.3, -0.25) is 28.7 Å². The van der Waals surface area contributed by atoms with Crippen LogP contribution in [-0.4, -0.2) is 101 Å². The summed E-state index contributed by atoms with van der Waals surface area (Å²) in [4.78, 5) is 67.4. The van der Waals surface area contributed by atoms with E-state index in [0.717, 1.165) is 55.9 Å². The first-order chi connectivity index (χ1) is 34.3. The van der Waals surface area contributed by atoms with E-state index in [1.165, 1.54) is 9.78 Å². The van der Waals surface area contributed by atoms with E-state index in [9.17, 15) is 24.3 Å². The third-order valence-corrected chi connectivity index (χ3v) is 15.4. The lowest BCUT2D eigenvalue weighted by Crippen LogP contribution is -2.58. The number of nitrogens with one attached hydrogen (secondary N) is 3. The number of aliphatic hydroxyl groups is 1. The van der Waals surface area contributed by atoms with Crippen molar-refractivity contribution < 1.29 is 29.0 Å². The fourth-order valence-electron chi connectivity index (χ4n) is 9.74. The van der Waals surface area contributed by atoms with Crippen molar-refractivity contribution in [2.45, 2.75) is 130 Å². The van der Waals surface area contributed by atoms with Gasteiger partial charge in [0.25, 0.3) is 0 Å². The normalized spacial score (nSPS) is 20.3. The summed E-state index contributed by atoms with van der Waals surface area (Å²) in [5, 5.41) is 30.4. The van der Waals surface area contributed by atoms with Gasteiger partial charge < -0.3 is 35.3 Å². The highest BCUT2D eigenvalue weighted by atomic mass is 35.5. The highest BCUT2D eigenvalue weighted by molar-refractivity contribution is 7.15. The molecule has 376 valence electrons. The van der Waals surface area contributed by atoms with Gasteiger partial charge >= 0.3 is 0 Å². The lowest BCUT2D eigenvalue weighted by atomic mass is 9.85. The SMILES string of the molecule is Cc1sc2c(c1C)C(c1ccc(Cl)cc1)=N[C@@H](CC(=O)N[C@H]1C[C@H](Oc3ccc(CC(=O)N[C@H](C(=O)N4C[C@H](O)C[C@H]4C(=O)N[C@@H](C)c4ccc(-n5ccnc5C)cc4)C(C)(C)C)cc3)C1)c1nnc(C)n1-2. The second-order valence-electron chi connectivity index (χ2n) is 20.3. The van der Waals surface area contributed by atoms with Crippen LogP contribution in [0.4, 0.5) is 0 Å². The van der Waals surface area contributed by atoms with Crippen LogP contribution in [0.15, 0.2) is 90.2 Å². The molecular formula is C54H61ClN10O6S. The summed E-state index contributed by atoms with van der Waals surface area (Å²) in [5.41, 5.74) is 5.67. The summed E-state index contributed by atoms with van der Waals surface area (Å²) in [6, 6.07) is 19.8. The number of hydrogen-bond donors (Lipinski definition) is 4. The number of halogens is 1. The molecule has 18 heteroatoms. The Morgan fingerprint density at radius 3 is 2.26 bits per heavy atom. The van der Waals surface area contributed by atoms with Gasteiger partial charge in [-0.15, -0.1) is 21.5 Å². The van der Waals surface area contributed by atoms with Crippen LogP contribution in [0.2, 0.25) is 5.02 Å². The smallest absolute Gasteiger partial charge is 0.246 e. The molecule has 1 saturated carbocycles. The molecule has 0 unspecified atom stereocenters. The Morgan fingerprint density at radius 2 is 1.60 bits per heavy atom. The highest BCUT2D eigenvalue weighted by Gasteiger charge is 2.45. The number of aryl methyl sites for hydroxylation is 3. The molecule has 16 nitrogen and oxygen atoms in total. The van der Waals surface area contributed by atoms with E-state index in [2.05, 4.69) is 45.0 Å². The van der Waals surface area contributed by atoms with Crippen LogP contribution in [0.3, 0.4) is 0 Å². The summed E-state index contributed by atoms with van der Waals surface area (Å²) >= 11 is 7.93. The Kier molecular flexibility index (Phi) is 14.3. The highest BCUT2D eigenvalue weighted by Crippen LogP contribution is 2.40. The zero-order valence-corrected chi connectivity index (χ0v) is 43.3. The standard InChI is InChI=1S/C54H61ClN10O6S/c1-29-31(3)72-53-47(29)48(36-11-15-37(55)16-12-36)59-43(50-62-61-33(5)65(50)53)27-46(68)58-38-24-42(25-38)71-41-19-9-34(10-20-41)23-45(67)60-49(54(6,7)8)52(70)64-28-40(66)26-44(64)51(69)57-30(2)35-13-17-39(18-14-35)63-22-21-56-32(63)4/h9-22,30,38,40,42-44,49,66H,23-28H2,1-8H3,(H,57,69)(H,58,68)(H,60,67)/t30-,38-,40+,42-,43-,44-,49+/m0/s1. The monoisotopic (exact) mass is 1010 g/mol. The fourth-order valence-corrected chi connectivity index (χ4v) is 11.1. The summed E-state index contributed by atoms with van der Waals surface area (Å²) in [6.07, 6.45) is 4.07. The molecule has 5 heterocycles. The number of carbonyl (C=O) groups excluding carboxylic acids is 4. The maximum Gasteiger partial charge on any atom is 0.246 e. The van der Waals surface area contributed by atoms with E-state index in [1.807, 2.05) is 130 Å². The van der Waals surface area contributed by atoms with Crippen molar-refractivity contribution in [3.63, 3.8) is 0 Å². The quantitative estimate of drug-likeness (QED) is 0.0864. The Bertz CT molecular complexity index is 3020. The molecular weight excluding hydrogens is 952 g/mol. The molecule has 9 rings (SSSR count). The largest absolute Gasteiger partial charge is 0.490 e. The minimum absolute atomic E-state index is 0.0104. The fraction of sp³-hybridized carbons (Fsp3) is 0.407. The van der Waals surface area contributed by atoms with Crippen molar-refractivity contribution in [1.82, 2.24) is 45.2 Å². The summed E-state index contributed by atoms with van der Waals surface area (Å²) in [6.45, 7) is 15.5. The molecule has 3 aromatic heterocycles. The van der Waals surface area contributed by atoms with Gasteiger partial charge in [-0.25, -0.2) is 4.98 Å². The molecule has 3 aromatic carbocycles. The van der Waals surface area contributed by atoms with Crippen LogP contribution in [0, 0.1) is 33.1 Å². The van der Waals surface area contributed by atoms with Crippen LogP contribution < -0.4 is 20.7 Å². The molecule has 5 atom stereocenters. The molecule has 1 saturated heterocycles. The van der Waals surface area contributed by atoms with E-state index in [1.54, 1.807) is 17.5 Å². The van der Waals surface area contributed by atoms with E-state index < -0.39 is 35.6 Å². The molecule has 2 aliphatic heterocycles. The van der Waals surface area contributed by atoms with Gasteiger partial charge in [0.05, 0.1) is 30.7 Å². The van der Waals surface area contributed by atoms with E-state index in [4.69, 9.17) is 21.3 Å². The number of aromatic nitrogens is 5. The van der Waals surface area contributed by atoms with Crippen LogP contribution in [0.5, 0.6) is 5.75 Å². The minimum Gasteiger partial charge on any atom is -0.490 e. The second kappa shape index (κ2) is 20.4. The third-order valence-electron chi connectivity index (χ3n) is 13.9. The first-order valence-corrected chi connectivity index (χ1v) is 25.6. The predicted molar refractivity (Wildman–Crippen MR) is 276 cm³/mol. The van der Waals surface area contributed by atoms with E-state index >= 15 is 0 Å². The number of carbonyl (C=O) groups is 4. The summed E-state index contributed by atoms with van der Waals surface area (Å²) < 4.78 is 10.3. The maximum absolute atomic E-state index is 14.3. The Morgan fingerprint density at radius 1 is 0.889 bits per heavy atom.